The zero-order chi connectivity index (χ0) is 11.7. The molecule has 2 rings (SSSR count). The number of likely N-dealkylation sites (N-methyl/N-ethyl adjacent to an activating group) is 1. The summed E-state index contributed by atoms with van der Waals surface area (Å²) in [5.41, 5.74) is 7.06. The molecular formula is C9H15N7. The van der Waals surface area contributed by atoms with Crippen LogP contribution in [0.15, 0.2) is 6.33 Å². The second-order valence-corrected chi connectivity index (χ2v) is 3.78. The van der Waals surface area contributed by atoms with Crippen LogP contribution in [0.4, 0.5) is 5.82 Å². The monoisotopic (exact) mass is 221 g/mol. The molecule has 16 heavy (non-hydrogen) atoms. The summed E-state index contributed by atoms with van der Waals surface area (Å²) < 4.78 is 1.63. The zero-order valence-corrected chi connectivity index (χ0v) is 9.62. The first-order chi connectivity index (χ1) is 7.65. The van der Waals surface area contributed by atoms with E-state index >= 15 is 0 Å². The van der Waals surface area contributed by atoms with Gasteiger partial charge in [0.15, 0.2) is 17.0 Å². The van der Waals surface area contributed by atoms with Crippen LogP contribution in [0.3, 0.4) is 0 Å². The zero-order valence-electron chi connectivity index (χ0n) is 9.62. The van der Waals surface area contributed by atoms with Crippen molar-refractivity contribution in [3.05, 3.63) is 6.33 Å². The lowest BCUT2D eigenvalue weighted by molar-refractivity contribution is 0.688. The SMILES string of the molecule is CC(CN)N(C)c1ncnc2c1nnn2C. The van der Waals surface area contributed by atoms with Crippen molar-refractivity contribution >= 4 is 17.0 Å². The molecule has 0 saturated carbocycles. The van der Waals surface area contributed by atoms with E-state index in [1.54, 1.807) is 11.7 Å². The lowest BCUT2D eigenvalue weighted by atomic mass is 10.3. The van der Waals surface area contributed by atoms with E-state index in [2.05, 4.69) is 20.3 Å². The van der Waals surface area contributed by atoms with E-state index in [0.717, 1.165) is 11.5 Å². The Bertz CT molecular complexity index is 492. The highest BCUT2D eigenvalue weighted by Gasteiger charge is 2.16. The standard InChI is InChI=1S/C9H15N7/c1-6(4-10)15(2)8-7-9(12-5-11-8)16(3)14-13-7/h5-6H,4,10H2,1-3H3. The van der Waals surface area contributed by atoms with Crippen LogP contribution in [-0.2, 0) is 7.05 Å². The summed E-state index contributed by atoms with van der Waals surface area (Å²) in [6.07, 6.45) is 1.51. The first-order valence-electron chi connectivity index (χ1n) is 5.08. The maximum atomic E-state index is 5.63. The minimum absolute atomic E-state index is 0.195. The largest absolute Gasteiger partial charge is 0.354 e. The van der Waals surface area contributed by atoms with Gasteiger partial charge in [0, 0.05) is 26.7 Å². The molecule has 0 spiro atoms. The Hall–Kier alpha value is -1.76. The average Bonchev–Trinajstić information content (AvgIpc) is 2.69. The molecule has 7 heteroatoms. The van der Waals surface area contributed by atoms with E-state index in [9.17, 15) is 0 Å². The highest BCUT2D eigenvalue weighted by atomic mass is 15.4. The Morgan fingerprint density at radius 2 is 2.25 bits per heavy atom. The van der Waals surface area contributed by atoms with Gasteiger partial charge in [0.2, 0.25) is 0 Å². The van der Waals surface area contributed by atoms with Crippen molar-refractivity contribution in [3.63, 3.8) is 0 Å². The maximum absolute atomic E-state index is 5.63. The van der Waals surface area contributed by atoms with Crippen LogP contribution in [-0.4, -0.2) is 44.6 Å². The molecule has 0 bridgehead atoms. The fourth-order valence-corrected chi connectivity index (χ4v) is 1.47. The molecule has 2 aromatic heterocycles. The van der Waals surface area contributed by atoms with E-state index in [4.69, 9.17) is 5.73 Å². The van der Waals surface area contributed by atoms with Crippen molar-refractivity contribution < 1.29 is 0 Å². The van der Waals surface area contributed by atoms with Gasteiger partial charge in [0.05, 0.1) is 0 Å². The van der Waals surface area contributed by atoms with Crippen LogP contribution in [0.5, 0.6) is 0 Å². The predicted molar refractivity (Wildman–Crippen MR) is 61.0 cm³/mol. The molecule has 0 saturated heterocycles. The van der Waals surface area contributed by atoms with Gasteiger partial charge >= 0.3 is 0 Å². The Morgan fingerprint density at radius 1 is 1.50 bits per heavy atom. The molecule has 2 heterocycles. The second kappa shape index (κ2) is 4.01. The fourth-order valence-electron chi connectivity index (χ4n) is 1.47. The van der Waals surface area contributed by atoms with Gasteiger partial charge in [-0.3, -0.25) is 0 Å². The van der Waals surface area contributed by atoms with Gasteiger partial charge in [-0.15, -0.1) is 5.10 Å². The number of rotatable bonds is 3. The molecule has 0 amide bonds. The predicted octanol–water partition coefficient (Wildman–Crippen LogP) is -0.458. The average molecular weight is 221 g/mol. The lowest BCUT2D eigenvalue weighted by Crippen LogP contribution is -2.36. The quantitative estimate of drug-likeness (QED) is 0.755. The molecule has 1 atom stereocenters. The molecule has 7 nitrogen and oxygen atoms in total. The summed E-state index contributed by atoms with van der Waals surface area (Å²) in [4.78, 5) is 10.4. The molecule has 0 radical (unpaired) electrons. The van der Waals surface area contributed by atoms with E-state index in [1.807, 2.05) is 18.9 Å². The van der Waals surface area contributed by atoms with Crippen molar-refractivity contribution in [3.8, 4) is 0 Å². The molecule has 0 aromatic carbocycles. The molecular weight excluding hydrogens is 206 g/mol. The third-order valence-electron chi connectivity index (χ3n) is 2.71. The summed E-state index contributed by atoms with van der Waals surface area (Å²) in [6.45, 7) is 2.59. The van der Waals surface area contributed by atoms with Crippen LogP contribution >= 0.6 is 0 Å². The molecule has 86 valence electrons. The molecule has 0 fully saturated rings. The first-order valence-corrected chi connectivity index (χ1v) is 5.08. The van der Waals surface area contributed by atoms with Gasteiger partial charge in [0.1, 0.15) is 6.33 Å². The molecule has 0 aliphatic carbocycles. The van der Waals surface area contributed by atoms with Crippen molar-refractivity contribution in [2.75, 3.05) is 18.5 Å². The highest BCUT2D eigenvalue weighted by molar-refractivity contribution is 5.82. The van der Waals surface area contributed by atoms with Crippen LogP contribution < -0.4 is 10.6 Å². The van der Waals surface area contributed by atoms with Gasteiger partial charge in [-0.1, -0.05) is 5.21 Å². The van der Waals surface area contributed by atoms with E-state index in [0.29, 0.717) is 12.1 Å². The Labute approximate surface area is 93.3 Å². The van der Waals surface area contributed by atoms with Gasteiger partial charge < -0.3 is 10.6 Å². The molecule has 0 aliphatic rings. The first kappa shape index (κ1) is 10.7. The van der Waals surface area contributed by atoms with Gasteiger partial charge in [0.25, 0.3) is 0 Å². The lowest BCUT2D eigenvalue weighted by Gasteiger charge is -2.24. The Morgan fingerprint density at radius 3 is 2.94 bits per heavy atom. The number of nitrogens with zero attached hydrogens (tertiary/aromatic N) is 6. The van der Waals surface area contributed by atoms with Gasteiger partial charge in [-0.25, -0.2) is 14.6 Å². The minimum Gasteiger partial charge on any atom is -0.354 e. The molecule has 2 aromatic rings. The topological polar surface area (TPSA) is 85.8 Å². The number of aryl methyl sites for hydroxylation is 1. The van der Waals surface area contributed by atoms with Gasteiger partial charge in [-0.05, 0) is 6.92 Å². The van der Waals surface area contributed by atoms with Crippen molar-refractivity contribution in [1.82, 2.24) is 25.0 Å². The van der Waals surface area contributed by atoms with E-state index in [-0.39, 0.29) is 6.04 Å². The van der Waals surface area contributed by atoms with Crippen molar-refractivity contribution in [2.24, 2.45) is 12.8 Å². The van der Waals surface area contributed by atoms with Crippen LogP contribution in [0, 0.1) is 0 Å². The van der Waals surface area contributed by atoms with Crippen molar-refractivity contribution in [1.29, 1.82) is 0 Å². The summed E-state index contributed by atoms with van der Waals surface area (Å²) in [7, 11) is 3.74. The number of hydrogen-bond acceptors (Lipinski definition) is 6. The summed E-state index contributed by atoms with van der Waals surface area (Å²) >= 11 is 0. The van der Waals surface area contributed by atoms with Crippen LogP contribution in [0.1, 0.15) is 6.92 Å². The summed E-state index contributed by atoms with van der Waals surface area (Å²) in [5.74, 6) is 0.760. The third-order valence-corrected chi connectivity index (χ3v) is 2.71. The number of fused-ring (bicyclic) bond motifs is 1. The summed E-state index contributed by atoms with van der Waals surface area (Å²) in [5, 5.41) is 7.99. The van der Waals surface area contributed by atoms with Gasteiger partial charge in [-0.2, -0.15) is 0 Å². The molecule has 0 aliphatic heterocycles. The van der Waals surface area contributed by atoms with Crippen molar-refractivity contribution in [2.45, 2.75) is 13.0 Å². The second-order valence-electron chi connectivity index (χ2n) is 3.78. The molecule has 2 N–H and O–H groups in total. The number of aromatic nitrogens is 5. The Balaban J connectivity index is 2.52. The van der Waals surface area contributed by atoms with Crippen LogP contribution in [0.25, 0.3) is 11.2 Å². The Kier molecular flexibility index (Phi) is 2.69. The fraction of sp³-hybridized carbons (Fsp3) is 0.556. The van der Waals surface area contributed by atoms with Crippen LogP contribution in [0.2, 0.25) is 0 Å². The maximum Gasteiger partial charge on any atom is 0.183 e. The summed E-state index contributed by atoms with van der Waals surface area (Å²) in [6, 6.07) is 0.195. The third kappa shape index (κ3) is 1.58. The number of hydrogen-bond donors (Lipinski definition) is 1. The smallest absolute Gasteiger partial charge is 0.183 e. The van der Waals surface area contributed by atoms with E-state index in [1.165, 1.54) is 6.33 Å². The van der Waals surface area contributed by atoms with E-state index < -0.39 is 0 Å². The number of anilines is 1. The number of nitrogens with two attached hydrogens (primary N) is 1. The highest BCUT2D eigenvalue weighted by Crippen LogP contribution is 2.19. The minimum atomic E-state index is 0.195. The molecule has 1 unspecified atom stereocenters. The normalized spacial score (nSPS) is 13.0.